The van der Waals surface area contributed by atoms with Crippen LogP contribution in [0.15, 0.2) is 48.6 Å². The minimum Gasteiger partial charge on any atom is -0.490 e. The van der Waals surface area contributed by atoms with E-state index >= 15 is 0 Å². The van der Waals surface area contributed by atoms with E-state index in [4.69, 9.17) is 14.2 Å². The molecule has 250 valence electrons. The minimum absolute atomic E-state index is 0.189. The van der Waals surface area contributed by atoms with Gasteiger partial charge in [0.1, 0.15) is 18.1 Å². The Kier molecular flexibility index (Phi) is 17.7. The summed E-state index contributed by atoms with van der Waals surface area (Å²) in [5, 5.41) is 0. The lowest BCUT2D eigenvalue weighted by Crippen LogP contribution is -2.13. The Morgan fingerprint density at radius 3 is 1.98 bits per heavy atom. The van der Waals surface area contributed by atoms with E-state index < -0.39 is 23.2 Å². The SMILES string of the molecule is CCCCCCCCCCCCOc1ccc(C(=O)Oc2ccc(OCC=C[C@H]3CC[C@H](CCCCC)CC3)cc2)c(F)c1F. The first-order chi connectivity index (χ1) is 22.0. The third kappa shape index (κ3) is 14.0. The zero-order valence-corrected chi connectivity index (χ0v) is 27.8. The first-order valence-corrected chi connectivity index (χ1v) is 17.7. The largest absolute Gasteiger partial charge is 0.490 e. The smallest absolute Gasteiger partial charge is 0.346 e. The Morgan fingerprint density at radius 2 is 1.31 bits per heavy atom. The summed E-state index contributed by atoms with van der Waals surface area (Å²) in [5.41, 5.74) is -0.473. The molecule has 2 aromatic carbocycles. The highest BCUT2D eigenvalue weighted by atomic mass is 19.2. The Bertz CT molecular complexity index is 1120. The van der Waals surface area contributed by atoms with E-state index in [0.717, 1.165) is 25.2 Å². The summed E-state index contributed by atoms with van der Waals surface area (Å²) in [6, 6.07) is 9.04. The monoisotopic (exact) mass is 626 g/mol. The van der Waals surface area contributed by atoms with E-state index in [1.54, 1.807) is 24.3 Å². The molecule has 0 radical (unpaired) electrons. The molecule has 0 unspecified atom stereocenters. The summed E-state index contributed by atoms with van der Waals surface area (Å²) in [6.07, 6.45) is 26.7. The number of hydrogen-bond acceptors (Lipinski definition) is 4. The quantitative estimate of drug-likeness (QED) is 0.0564. The molecule has 1 saturated carbocycles. The maximum atomic E-state index is 14.7. The van der Waals surface area contributed by atoms with Crippen molar-refractivity contribution in [3.8, 4) is 17.2 Å². The zero-order valence-electron chi connectivity index (χ0n) is 27.8. The molecular formula is C39H56F2O4. The molecule has 0 aliphatic heterocycles. The number of halogens is 2. The fraction of sp³-hybridized carbons (Fsp3) is 0.615. The molecule has 0 saturated heterocycles. The second-order valence-corrected chi connectivity index (χ2v) is 12.6. The number of benzene rings is 2. The van der Waals surface area contributed by atoms with Gasteiger partial charge in [-0.3, -0.25) is 0 Å². The van der Waals surface area contributed by atoms with E-state index in [0.29, 0.717) is 24.9 Å². The summed E-state index contributed by atoms with van der Waals surface area (Å²) >= 11 is 0. The van der Waals surface area contributed by atoms with Gasteiger partial charge in [-0.2, -0.15) is 4.39 Å². The maximum Gasteiger partial charge on any atom is 0.346 e. The van der Waals surface area contributed by atoms with Crippen LogP contribution in [0.4, 0.5) is 8.78 Å². The summed E-state index contributed by atoms with van der Waals surface area (Å²) in [6.45, 7) is 5.25. The number of carbonyl (C=O) groups excluding carboxylic acids is 1. The number of ether oxygens (including phenoxy) is 3. The molecule has 6 heteroatoms. The van der Waals surface area contributed by atoms with Crippen molar-refractivity contribution in [2.24, 2.45) is 11.8 Å². The van der Waals surface area contributed by atoms with Crippen molar-refractivity contribution in [3.63, 3.8) is 0 Å². The summed E-state index contributed by atoms with van der Waals surface area (Å²) in [4.78, 5) is 12.6. The van der Waals surface area contributed by atoms with Crippen LogP contribution in [0.2, 0.25) is 0 Å². The van der Waals surface area contributed by atoms with Gasteiger partial charge < -0.3 is 14.2 Å². The van der Waals surface area contributed by atoms with E-state index in [1.807, 2.05) is 0 Å². The molecule has 1 aliphatic carbocycles. The molecule has 0 N–H and O–H groups in total. The Balaban J connectivity index is 1.33. The topological polar surface area (TPSA) is 44.8 Å². The van der Waals surface area contributed by atoms with Crippen molar-refractivity contribution in [2.75, 3.05) is 13.2 Å². The molecule has 4 nitrogen and oxygen atoms in total. The van der Waals surface area contributed by atoms with E-state index in [9.17, 15) is 13.6 Å². The van der Waals surface area contributed by atoms with Crippen molar-refractivity contribution in [3.05, 3.63) is 65.7 Å². The molecule has 0 amide bonds. The van der Waals surface area contributed by atoms with Crippen LogP contribution in [0.5, 0.6) is 17.2 Å². The highest BCUT2D eigenvalue weighted by Crippen LogP contribution is 2.33. The highest BCUT2D eigenvalue weighted by Gasteiger charge is 2.21. The lowest BCUT2D eigenvalue weighted by Gasteiger charge is -2.26. The third-order valence-corrected chi connectivity index (χ3v) is 8.92. The van der Waals surface area contributed by atoms with Gasteiger partial charge in [-0.25, -0.2) is 9.18 Å². The number of unbranched alkanes of at least 4 members (excludes halogenated alkanes) is 11. The van der Waals surface area contributed by atoms with Crippen LogP contribution < -0.4 is 14.2 Å². The van der Waals surface area contributed by atoms with Gasteiger partial charge in [-0.15, -0.1) is 0 Å². The molecule has 3 rings (SSSR count). The molecule has 2 aromatic rings. The molecule has 0 spiro atoms. The van der Waals surface area contributed by atoms with Gasteiger partial charge in [0.25, 0.3) is 0 Å². The highest BCUT2D eigenvalue weighted by molar-refractivity contribution is 5.91. The number of esters is 1. The van der Waals surface area contributed by atoms with Gasteiger partial charge >= 0.3 is 5.97 Å². The van der Waals surface area contributed by atoms with Crippen LogP contribution in [0, 0.1) is 23.5 Å². The number of allylic oxidation sites excluding steroid dienone is 1. The predicted molar refractivity (Wildman–Crippen MR) is 179 cm³/mol. The number of carbonyl (C=O) groups is 1. The van der Waals surface area contributed by atoms with Gasteiger partial charge in [-0.1, -0.05) is 109 Å². The Hall–Kier alpha value is -2.89. The van der Waals surface area contributed by atoms with Gasteiger partial charge in [0.2, 0.25) is 5.82 Å². The fourth-order valence-electron chi connectivity index (χ4n) is 6.08. The van der Waals surface area contributed by atoms with Crippen LogP contribution in [0.3, 0.4) is 0 Å². The molecular weight excluding hydrogens is 570 g/mol. The Morgan fingerprint density at radius 1 is 0.711 bits per heavy atom. The number of hydrogen-bond donors (Lipinski definition) is 0. The standard InChI is InChI=1S/C39H56F2O4/c1-3-5-7-8-9-10-11-12-13-15-29-44-36-28-27-35(37(40)38(36)41)39(42)45-34-25-23-33(24-26-34)43-30-16-18-32-21-19-31(20-22-32)17-14-6-4-2/h16,18,23-28,31-32H,3-15,17,19-22,29-30H2,1-2H3/t31-,32-. The van der Waals surface area contributed by atoms with Crippen LogP contribution in [-0.2, 0) is 0 Å². The van der Waals surface area contributed by atoms with Gasteiger partial charge in [-0.05, 0) is 80.3 Å². The lowest BCUT2D eigenvalue weighted by atomic mass is 9.79. The molecule has 1 aliphatic rings. The summed E-state index contributed by atoms with van der Waals surface area (Å²) in [7, 11) is 0. The fourth-order valence-corrected chi connectivity index (χ4v) is 6.08. The predicted octanol–water partition coefficient (Wildman–Crippen LogP) is 11.8. The van der Waals surface area contributed by atoms with Crippen LogP contribution >= 0.6 is 0 Å². The van der Waals surface area contributed by atoms with Gasteiger partial charge in [0.15, 0.2) is 11.6 Å². The molecule has 1 fully saturated rings. The first-order valence-electron chi connectivity index (χ1n) is 17.7. The molecule has 0 bridgehead atoms. The minimum atomic E-state index is -1.27. The zero-order chi connectivity index (χ0) is 32.1. The van der Waals surface area contributed by atoms with Crippen LogP contribution in [-0.4, -0.2) is 19.2 Å². The van der Waals surface area contributed by atoms with Crippen LogP contribution in [0.1, 0.15) is 140 Å². The average molecular weight is 627 g/mol. The van der Waals surface area contributed by atoms with Gasteiger partial charge in [0.05, 0.1) is 12.2 Å². The number of rotatable bonds is 22. The van der Waals surface area contributed by atoms with Crippen molar-refractivity contribution in [2.45, 2.75) is 129 Å². The second-order valence-electron chi connectivity index (χ2n) is 12.6. The van der Waals surface area contributed by atoms with Crippen molar-refractivity contribution in [1.29, 1.82) is 0 Å². The van der Waals surface area contributed by atoms with E-state index in [-0.39, 0.29) is 11.5 Å². The summed E-state index contributed by atoms with van der Waals surface area (Å²) in [5.74, 6) is -1.20. The van der Waals surface area contributed by atoms with E-state index in [1.165, 1.54) is 108 Å². The molecule has 0 aromatic heterocycles. The lowest BCUT2D eigenvalue weighted by molar-refractivity contribution is 0.0728. The van der Waals surface area contributed by atoms with Crippen molar-refractivity contribution >= 4 is 5.97 Å². The average Bonchev–Trinajstić information content (AvgIpc) is 3.05. The molecule has 0 heterocycles. The van der Waals surface area contributed by atoms with Crippen LogP contribution in [0.25, 0.3) is 0 Å². The molecule has 45 heavy (non-hydrogen) atoms. The van der Waals surface area contributed by atoms with Crippen molar-refractivity contribution in [1.82, 2.24) is 0 Å². The third-order valence-electron chi connectivity index (χ3n) is 8.92. The van der Waals surface area contributed by atoms with Crippen molar-refractivity contribution < 1.29 is 27.8 Å². The normalized spacial score (nSPS) is 16.6. The first kappa shape index (κ1) is 36.6. The summed E-state index contributed by atoms with van der Waals surface area (Å²) < 4.78 is 45.9. The Labute approximate surface area is 270 Å². The van der Waals surface area contributed by atoms with Gasteiger partial charge in [0, 0.05) is 0 Å². The molecule has 0 atom stereocenters. The maximum absolute atomic E-state index is 14.7. The van der Waals surface area contributed by atoms with E-state index in [2.05, 4.69) is 26.0 Å². The second kappa shape index (κ2) is 21.8.